The summed E-state index contributed by atoms with van der Waals surface area (Å²) in [6.07, 6.45) is 2.80. The fraction of sp³-hybridized carbons (Fsp3) is 0.667. The quantitative estimate of drug-likeness (QED) is 0.559. The average Bonchev–Trinajstić information content (AvgIpc) is 2.59. The molecule has 1 aliphatic heterocycles. The van der Waals surface area contributed by atoms with Crippen LogP contribution in [-0.2, 0) is 9.53 Å². The molecule has 2 rings (SSSR count). The Hall–Kier alpha value is -1.03. The van der Waals surface area contributed by atoms with Gasteiger partial charge in [0.15, 0.2) is 5.60 Å². The molecule has 4 heteroatoms. The highest BCUT2D eigenvalue weighted by molar-refractivity contribution is 5.74. The second-order valence-electron chi connectivity index (χ2n) is 3.57. The Morgan fingerprint density at radius 2 is 2.54 bits per heavy atom. The Bertz CT molecular complexity index is 274. The van der Waals surface area contributed by atoms with Crippen LogP contribution in [0, 0.1) is 0 Å². The number of ether oxygens (including phenoxy) is 1. The van der Waals surface area contributed by atoms with Gasteiger partial charge in [0, 0.05) is 12.7 Å². The van der Waals surface area contributed by atoms with E-state index in [1.165, 1.54) is 0 Å². The van der Waals surface area contributed by atoms with Gasteiger partial charge >= 0.3 is 5.97 Å². The number of allylic oxidation sites excluding steroid dienone is 1. The lowest BCUT2D eigenvalue weighted by molar-refractivity contribution is -0.146. The third-order valence-electron chi connectivity index (χ3n) is 2.75. The van der Waals surface area contributed by atoms with Gasteiger partial charge in [0.2, 0.25) is 0 Å². The van der Waals surface area contributed by atoms with Gasteiger partial charge in [0.1, 0.15) is 6.10 Å². The number of nitrogens with one attached hydrogen (secondary N) is 1. The van der Waals surface area contributed by atoms with Gasteiger partial charge in [-0.05, 0) is 18.9 Å². The second kappa shape index (κ2) is 2.73. The molecule has 2 atom stereocenters. The summed E-state index contributed by atoms with van der Waals surface area (Å²) in [5.74, 6) is -0.305. The van der Waals surface area contributed by atoms with E-state index in [4.69, 9.17) is 4.74 Å². The van der Waals surface area contributed by atoms with Crippen LogP contribution in [0.15, 0.2) is 11.8 Å². The Balaban J connectivity index is 2.23. The number of hydrogen-bond acceptors (Lipinski definition) is 4. The van der Waals surface area contributed by atoms with Crippen LogP contribution in [-0.4, -0.2) is 29.8 Å². The normalized spacial score (nSPS) is 37.8. The highest BCUT2D eigenvalue weighted by Gasteiger charge is 2.49. The first-order valence-electron chi connectivity index (χ1n) is 4.46. The van der Waals surface area contributed by atoms with E-state index in [9.17, 15) is 9.90 Å². The minimum absolute atomic E-state index is 0.119. The van der Waals surface area contributed by atoms with Gasteiger partial charge in [0.25, 0.3) is 0 Å². The molecule has 1 aliphatic carbocycles. The summed E-state index contributed by atoms with van der Waals surface area (Å²) < 4.78 is 5.15. The van der Waals surface area contributed by atoms with E-state index in [2.05, 4.69) is 5.32 Å². The number of rotatable bonds is 1. The van der Waals surface area contributed by atoms with Crippen LogP contribution in [0.3, 0.4) is 0 Å². The Labute approximate surface area is 76.6 Å². The maximum atomic E-state index is 11.0. The molecule has 0 bridgehead atoms. The van der Waals surface area contributed by atoms with Gasteiger partial charge in [-0.25, -0.2) is 0 Å². The van der Waals surface area contributed by atoms with Crippen molar-refractivity contribution in [2.75, 3.05) is 7.05 Å². The first-order chi connectivity index (χ1) is 6.16. The molecule has 0 aromatic heterocycles. The molecular weight excluding hydrogens is 170 g/mol. The highest BCUT2D eigenvalue weighted by Crippen LogP contribution is 2.39. The van der Waals surface area contributed by atoms with E-state index < -0.39 is 11.7 Å². The smallest absolute Gasteiger partial charge is 0.309 e. The van der Waals surface area contributed by atoms with Crippen LogP contribution in [0.4, 0.5) is 0 Å². The number of hydrogen-bond donors (Lipinski definition) is 2. The summed E-state index contributed by atoms with van der Waals surface area (Å²) in [6.45, 7) is 0. The maximum Gasteiger partial charge on any atom is 0.309 e. The molecule has 0 aromatic rings. The molecule has 4 nitrogen and oxygen atoms in total. The molecule has 1 saturated heterocycles. The third kappa shape index (κ3) is 1.21. The molecule has 1 heterocycles. The standard InChI is InChI=1S/C9H13NO3/c1-10-6-2-3-9(5-6)7(11)4-8(12)13-9/h5,7,10-11H,2-4H2,1H3/t7-,9+/m0/s1. The van der Waals surface area contributed by atoms with Gasteiger partial charge in [-0.15, -0.1) is 0 Å². The van der Waals surface area contributed by atoms with Crippen molar-refractivity contribution in [3.63, 3.8) is 0 Å². The summed E-state index contributed by atoms with van der Waals surface area (Å²) in [6, 6.07) is 0. The predicted octanol–water partition coefficient (Wildman–Crippen LogP) is -0.0699. The summed E-state index contributed by atoms with van der Waals surface area (Å²) in [4.78, 5) is 11.0. The van der Waals surface area contributed by atoms with Crippen LogP contribution >= 0.6 is 0 Å². The molecule has 0 unspecified atom stereocenters. The van der Waals surface area contributed by atoms with E-state index in [0.717, 1.165) is 12.1 Å². The molecule has 2 aliphatic rings. The average molecular weight is 183 g/mol. The lowest BCUT2D eigenvalue weighted by Gasteiger charge is -2.22. The van der Waals surface area contributed by atoms with Gasteiger partial charge in [0.05, 0.1) is 6.42 Å². The third-order valence-corrected chi connectivity index (χ3v) is 2.75. The fourth-order valence-electron chi connectivity index (χ4n) is 1.96. The summed E-state index contributed by atoms with van der Waals surface area (Å²) in [5.41, 5.74) is 0.309. The minimum atomic E-state index is -0.727. The van der Waals surface area contributed by atoms with Crippen LogP contribution in [0.25, 0.3) is 0 Å². The van der Waals surface area contributed by atoms with Gasteiger partial charge in [-0.3, -0.25) is 4.79 Å². The number of carbonyl (C=O) groups is 1. The van der Waals surface area contributed by atoms with E-state index in [0.29, 0.717) is 6.42 Å². The zero-order valence-electron chi connectivity index (χ0n) is 7.54. The highest BCUT2D eigenvalue weighted by atomic mass is 16.6. The van der Waals surface area contributed by atoms with Crippen molar-refractivity contribution in [1.29, 1.82) is 0 Å². The van der Waals surface area contributed by atoms with Crippen molar-refractivity contribution in [3.05, 3.63) is 11.8 Å². The molecule has 0 saturated carbocycles. The largest absolute Gasteiger partial charge is 0.452 e. The first-order valence-corrected chi connectivity index (χ1v) is 4.46. The molecule has 0 aromatic carbocycles. The molecule has 13 heavy (non-hydrogen) atoms. The van der Waals surface area contributed by atoms with Gasteiger partial charge in [-0.1, -0.05) is 0 Å². The van der Waals surface area contributed by atoms with Gasteiger partial charge < -0.3 is 15.2 Å². The van der Waals surface area contributed by atoms with E-state index in [1.54, 1.807) is 0 Å². The van der Waals surface area contributed by atoms with Crippen molar-refractivity contribution in [2.45, 2.75) is 31.0 Å². The molecular formula is C9H13NO3. The van der Waals surface area contributed by atoms with Crippen LogP contribution in [0.2, 0.25) is 0 Å². The predicted molar refractivity (Wildman–Crippen MR) is 45.8 cm³/mol. The van der Waals surface area contributed by atoms with Crippen molar-refractivity contribution >= 4 is 5.97 Å². The lowest BCUT2D eigenvalue weighted by Crippen LogP contribution is -2.34. The molecule has 0 amide bonds. The van der Waals surface area contributed by atoms with E-state index in [-0.39, 0.29) is 12.4 Å². The Morgan fingerprint density at radius 3 is 3.00 bits per heavy atom. The molecule has 1 fully saturated rings. The van der Waals surface area contributed by atoms with E-state index in [1.807, 2.05) is 13.1 Å². The lowest BCUT2D eigenvalue weighted by atomic mass is 9.97. The van der Waals surface area contributed by atoms with E-state index >= 15 is 0 Å². The fourth-order valence-corrected chi connectivity index (χ4v) is 1.96. The number of carbonyl (C=O) groups excluding carboxylic acids is 1. The van der Waals surface area contributed by atoms with Crippen molar-refractivity contribution in [1.82, 2.24) is 5.32 Å². The summed E-state index contributed by atoms with van der Waals surface area (Å²) >= 11 is 0. The second-order valence-corrected chi connectivity index (χ2v) is 3.57. The van der Waals surface area contributed by atoms with Crippen molar-refractivity contribution < 1.29 is 14.6 Å². The zero-order valence-corrected chi connectivity index (χ0v) is 7.54. The van der Waals surface area contributed by atoms with Crippen LogP contribution in [0.1, 0.15) is 19.3 Å². The monoisotopic (exact) mass is 183 g/mol. The molecule has 2 N–H and O–H groups in total. The topological polar surface area (TPSA) is 58.6 Å². The number of aliphatic hydroxyl groups is 1. The maximum absolute atomic E-state index is 11.0. The first kappa shape index (κ1) is 8.56. The van der Waals surface area contributed by atoms with Gasteiger partial charge in [-0.2, -0.15) is 0 Å². The summed E-state index contributed by atoms with van der Waals surface area (Å²) in [5, 5.41) is 12.7. The Morgan fingerprint density at radius 1 is 1.77 bits per heavy atom. The SMILES string of the molecule is CNC1=C[C@@]2(CC1)OC(=O)C[C@@H]2O. The van der Waals surface area contributed by atoms with Crippen molar-refractivity contribution in [3.8, 4) is 0 Å². The van der Waals surface area contributed by atoms with Crippen molar-refractivity contribution in [2.24, 2.45) is 0 Å². The number of aliphatic hydroxyl groups excluding tert-OH is 1. The Kier molecular flexibility index (Phi) is 1.80. The molecule has 72 valence electrons. The minimum Gasteiger partial charge on any atom is -0.452 e. The zero-order chi connectivity index (χ0) is 9.47. The van der Waals surface area contributed by atoms with Crippen LogP contribution in [0.5, 0.6) is 0 Å². The molecule has 0 radical (unpaired) electrons. The van der Waals surface area contributed by atoms with Crippen LogP contribution < -0.4 is 5.32 Å². The number of esters is 1. The summed E-state index contributed by atoms with van der Waals surface area (Å²) in [7, 11) is 1.83. The molecule has 1 spiro atoms.